The molecular formula is C24H22FN3O3S2. The van der Waals surface area contributed by atoms with E-state index in [0.717, 1.165) is 10.6 Å². The Hall–Kier alpha value is -3.17. The van der Waals surface area contributed by atoms with Crippen molar-refractivity contribution in [2.75, 3.05) is 11.9 Å². The summed E-state index contributed by atoms with van der Waals surface area (Å²) < 4.78 is 18.7. The highest BCUT2D eigenvalue weighted by atomic mass is 32.2. The summed E-state index contributed by atoms with van der Waals surface area (Å²) in [6.45, 7) is 2.83. The summed E-state index contributed by atoms with van der Waals surface area (Å²) in [7, 11) is 0. The van der Waals surface area contributed by atoms with Crippen LogP contribution in [0.4, 0.5) is 15.8 Å². The van der Waals surface area contributed by atoms with Crippen molar-refractivity contribution in [2.24, 2.45) is 4.99 Å². The maximum atomic E-state index is 13.3. The highest BCUT2D eigenvalue weighted by Crippen LogP contribution is 2.31. The number of rotatable bonds is 7. The Kier molecular flexibility index (Phi) is 7.41. The van der Waals surface area contributed by atoms with E-state index in [1.54, 1.807) is 52.6 Å². The van der Waals surface area contributed by atoms with Gasteiger partial charge in [0.15, 0.2) is 5.17 Å². The van der Waals surface area contributed by atoms with Crippen molar-refractivity contribution in [1.29, 1.82) is 0 Å². The highest BCUT2D eigenvalue weighted by Gasteiger charge is 2.36. The van der Waals surface area contributed by atoms with E-state index in [9.17, 15) is 14.0 Å². The maximum absolute atomic E-state index is 13.3. The third-order valence-corrected chi connectivity index (χ3v) is 6.86. The van der Waals surface area contributed by atoms with Crippen LogP contribution in [0.2, 0.25) is 0 Å². The van der Waals surface area contributed by atoms with Crippen molar-refractivity contribution in [1.82, 2.24) is 4.90 Å². The van der Waals surface area contributed by atoms with Gasteiger partial charge in [0.05, 0.1) is 18.8 Å². The number of hydrogen-bond acceptors (Lipinski definition) is 6. The number of thioether (sulfide) groups is 1. The first kappa shape index (κ1) is 23.0. The van der Waals surface area contributed by atoms with Gasteiger partial charge in [0.25, 0.3) is 0 Å². The van der Waals surface area contributed by atoms with Crippen LogP contribution in [0.25, 0.3) is 0 Å². The van der Waals surface area contributed by atoms with Gasteiger partial charge in [-0.25, -0.2) is 9.38 Å². The van der Waals surface area contributed by atoms with Gasteiger partial charge in [0, 0.05) is 17.0 Å². The minimum atomic E-state index is -0.636. The number of hydrogen-bond donors (Lipinski definition) is 1. The molecule has 0 aliphatic carbocycles. The SMILES string of the molecule is CCOc1ccc(NC(=O)[C@H]2CC(=O)N(Cc3cccs3)C(=Nc3ccc(F)cc3)S2)cc1. The van der Waals surface area contributed by atoms with Crippen molar-refractivity contribution in [3.8, 4) is 5.75 Å². The number of aliphatic imine (C=N–C) groups is 1. The van der Waals surface area contributed by atoms with Crippen molar-refractivity contribution in [3.63, 3.8) is 0 Å². The number of halogens is 1. The monoisotopic (exact) mass is 483 g/mol. The predicted molar refractivity (Wildman–Crippen MR) is 131 cm³/mol. The second-order valence-corrected chi connectivity index (χ2v) is 9.39. The zero-order chi connectivity index (χ0) is 23.2. The Bertz CT molecular complexity index is 1130. The van der Waals surface area contributed by atoms with Gasteiger partial charge in [0.1, 0.15) is 16.8 Å². The summed E-state index contributed by atoms with van der Waals surface area (Å²) in [5, 5.41) is 4.59. The molecule has 1 fully saturated rings. The minimum absolute atomic E-state index is 0.0569. The van der Waals surface area contributed by atoms with Crippen LogP contribution < -0.4 is 10.1 Å². The largest absolute Gasteiger partial charge is 0.494 e. The van der Waals surface area contributed by atoms with Crippen LogP contribution in [0.3, 0.4) is 0 Å². The van der Waals surface area contributed by atoms with Gasteiger partial charge in [-0.3, -0.25) is 14.5 Å². The Morgan fingerprint density at radius 1 is 1.18 bits per heavy atom. The molecule has 4 rings (SSSR count). The average molecular weight is 484 g/mol. The molecule has 1 saturated heterocycles. The number of carbonyl (C=O) groups excluding carboxylic acids is 2. The van der Waals surface area contributed by atoms with Crippen LogP contribution in [0.1, 0.15) is 18.2 Å². The van der Waals surface area contributed by atoms with E-state index >= 15 is 0 Å². The molecule has 170 valence electrons. The van der Waals surface area contributed by atoms with Crippen LogP contribution >= 0.6 is 23.1 Å². The summed E-state index contributed by atoms with van der Waals surface area (Å²) >= 11 is 2.78. The first-order valence-electron chi connectivity index (χ1n) is 10.4. The molecule has 0 spiro atoms. The highest BCUT2D eigenvalue weighted by molar-refractivity contribution is 8.15. The summed E-state index contributed by atoms with van der Waals surface area (Å²) in [6, 6.07) is 16.7. The molecule has 1 aliphatic rings. The minimum Gasteiger partial charge on any atom is -0.494 e. The maximum Gasteiger partial charge on any atom is 0.238 e. The zero-order valence-electron chi connectivity index (χ0n) is 17.9. The summed E-state index contributed by atoms with van der Waals surface area (Å²) in [5.74, 6) is -0.111. The molecule has 1 aromatic heterocycles. The lowest BCUT2D eigenvalue weighted by Gasteiger charge is -2.31. The number of ether oxygens (including phenoxy) is 1. The lowest BCUT2D eigenvalue weighted by molar-refractivity contribution is -0.129. The zero-order valence-corrected chi connectivity index (χ0v) is 19.5. The molecule has 1 N–H and O–H groups in total. The first-order chi connectivity index (χ1) is 16.0. The van der Waals surface area contributed by atoms with Crippen LogP contribution in [-0.2, 0) is 16.1 Å². The number of nitrogens with zero attached hydrogens (tertiary/aromatic N) is 2. The van der Waals surface area contributed by atoms with Crippen LogP contribution in [0.15, 0.2) is 71.0 Å². The number of carbonyl (C=O) groups is 2. The molecule has 1 aliphatic heterocycles. The Morgan fingerprint density at radius 3 is 2.61 bits per heavy atom. The summed E-state index contributed by atoms with van der Waals surface area (Å²) in [4.78, 5) is 33.2. The molecule has 33 heavy (non-hydrogen) atoms. The van der Waals surface area contributed by atoms with Crippen molar-refractivity contribution in [2.45, 2.75) is 25.1 Å². The number of benzene rings is 2. The third-order valence-electron chi connectivity index (χ3n) is 4.81. The molecule has 2 heterocycles. The fourth-order valence-corrected chi connectivity index (χ4v) is 5.00. The number of nitrogens with one attached hydrogen (secondary N) is 1. The van der Waals surface area contributed by atoms with Gasteiger partial charge in [-0.05, 0) is 66.9 Å². The molecule has 0 saturated carbocycles. The van der Waals surface area contributed by atoms with E-state index < -0.39 is 5.25 Å². The normalized spacial score (nSPS) is 17.3. The molecule has 2 amide bonds. The Morgan fingerprint density at radius 2 is 1.94 bits per heavy atom. The fraction of sp³-hybridized carbons (Fsp3) is 0.208. The topological polar surface area (TPSA) is 71.0 Å². The van der Waals surface area contributed by atoms with Gasteiger partial charge in [-0.15, -0.1) is 11.3 Å². The molecule has 0 bridgehead atoms. The summed E-state index contributed by atoms with van der Waals surface area (Å²) in [6.07, 6.45) is 0.0569. The number of anilines is 1. The molecule has 1 atom stereocenters. The van der Waals surface area contributed by atoms with Crippen LogP contribution in [0.5, 0.6) is 5.75 Å². The predicted octanol–water partition coefficient (Wildman–Crippen LogP) is 5.45. The van der Waals surface area contributed by atoms with Gasteiger partial charge in [0.2, 0.25) is 11.8 Å². The van der Waals surface area contributed by atoms with Crippen LogP contribution in [-0.4, -0.2) is 33.7 Å². The smallest absolute Gasteiger partial charge is 0.238 e. The number of amides is 2. The second-order valence-electron chi connectivity index (χ2n) is 7.19. The van der Waals surface area contributed by atoms with Crippen molar-refractivity contribution < 1.29 is 18.7 Å². The molecule has 2 aromatic carbocycles. The van der Waals surface area contributed by atoms with E-state index in [1.165, 1.54) is 23.9 Å². The summed E-state index contributed by atoms with van der Waals surface area (Å²) in [5.41, 5.74) is 1.13. The average Bonchev–Trinajstić information content (AvgIpc) is 3.32. The van der Waals surface area contributed by atoms with Crippen molar-refractivity contribution in [3.05, 3.63) is 76.7 Å². The van der Waals surface area contributed by atoms with E-state index in [2.05, 4.69) is 10.3 Å². The molecule has 0 unspecified atom stereocenters. The molecule has 6 nitrogen and oxygen atoms in total. The van der Waals surface area contributed by atoms with Gasteiger partial charge in [-0.1, -0.05) is 17.8 Å². The molecule has 3 aromatic rings. The Balaban J connectivity index is 1.53. The van der Waals surface area contributed by atoms with E-state index in [4.69, 9.17) is 4.74 Å². The molecular weight excluding hydrogens is 461 g/mol. The third kappa shape index (κ3) is 6.00. The lowest BCUT2D eigenvalue weighted by atomic mass is 10.2. The van der Waals surface area contributed by atoms with Gasteiger partial charge < -0.3 is 10.1 Å². The van der Waals surface area contributed by atoms with E-state index in [1.807, 2.05) is 24.4 Å². The number of thiophene rings is 1. The quantitative estimate of drug-likeness (QED) is 0.485. The van der Waals surface area contributed by atoms with Crippen molar-refractivity contribution >= 4 is 51.5 Å². The van der Waals surface area contributed by atoms with Gasteiger partial charge >= 0.3 is 0 Å². The van der Waals surface area contributed by atoms with Crippen LogP contribution in [0, 0.1) is 5.82 Å². The lowest BCUT2D eigenvalue weighted by Crippen LogP contribution is -2.44. The van der Waals surface area contributed by atoms with Gasteiger partial charge in [-0.2, -0.15) is 0 Å². The molecule has 0 radical (unpaired) electrons. The van der Waals surface area contributed by atoms with E-state index in [0.29, 0.717) is 29.7 Å². The first-order valence-corrected chi connectivity index (χ1v) is 12.1. The standard InChI is InChI=1S/C24H22FN3O3S2/c1-2-31-19-11-9-17(10-12-19)26-23(30)21-14-22(29)28(15-20-4-3-13-32-20)24(33-21)27-18-7-5-16(25)6-8-18/h3-13,21H,2,14-15H2,1H3,(H,26,30)/t21-/m1/s1. The fourth-order valence-electron chi connectivity index (χ4n) is 3.21. The second kappa shape index (κ2) is 10.6. The molecule has 9 heteroatoms. The number of amidine groups is 1. The van der Waals surface area contributed by atoms with E-state index in [-0.39, 0.29) is 24.1 Å². The Labute approximate surface area is 199 Å².